The second-order valence-corrected chi connectivity index (χ2v) is 5.83. The van der Waals surface area contributed by atoms with Crippen molar-refractivity contribution in [2.24, 2.45) is 5.92 Å². The first-order chi connectivity index (χ1) is 9.70. The number of aryl methyl sites for hydroxylation is 1. The molecule has 2 aliphatic rings. The van der Waals surface area contributed by atoms with E-state index in [0.29, 0.717) is 12.3 Å². The van der Waals surface area contributed by atoms with Gasteiger partial charge in [-0.15, -0.1) is 0 Å². The Morgan fingerprint density at radius 1 is 1.29 bits per heavy atom. The zero-order valence-corrected chi connectivity index (χ0v) is 11.1. The van der Waals surface area contributed by atoms with Crippen LogP contribution in [0.5, 0.6) is 0 Å². The zero-order chi connectivity index (χ0) is 15.4. The zero-order valence-electron chi connectivity index (χ0n) is 11.1. The molecule has 3 rings (SSSR count). The first-order valence-corrected chi connectivity index (χ1v) is 6.93. The molecule has 2 aliphatic carbocycles. The number of nitrogens with zero attached hydrogens (tertiary/aromatic N) is 2. The lowest BCUT2D eigenvalue weighted by Crippen LogP contribution is -2.33. The molecule has 0 bridgehead atoms. The Morgan fingerprint density at radius 2 is 1.95 bits per heavy atom. The maximum absolute atomic E-state index is 13.5. The highest BCUT2D eigenvalue weighted by Gasteiger charge is 2.51. The van der Waals surface area contributed by atoms with Gasteiger partial charge in [-0.2, -0.15) is 18.3 Å². The monoisotopic (exact) mass is 310 g/mol. The lowest BCUT2D eigenvalue weighted by atomic mass is 9.89. The molecule has 0 saturated heterocycles. The van der Waals surface area contributed by atoms with Crippen LogP contribution in [-0.4, -0.2) is 20.8 Å². The maximum atomic E-state index is 13.5. The Bertz CT molecular complexity index is 547. The molecule has 0 radical (unpaired) electrons. The van der Waals surface area contributed by atoms with Gasteiger partial charge in [0, 0.05) is 24.2 Å². The van der Waals surface area contributed by atoms with E-state index in [1.165, 1.54) is 0 Å². The van der Waals surface area contributed by atoms with Gasteiger partial charge in [0.1, 0.15) is 6.10 Å². The van der Waals surface area contributed by atoms with Gasteiger partial charge >= 0.3 is 6.18 Å². The molecule has 1 heterocycles. The Balaban J connectivity index is 2.00. The summed E-state index contributed by atoms with van der Waals surface area (Å²) >= 11 is 0. The smallest absolute Gasteiger partial charge is 0.382 e. The first kappa shape index (κ1) is 14.7. The number of fused-ring (bicyclic) bond motifs is 1. The van der Waals surface area contributed by atoms with Crippen molar-refractivity contribution in [1.29, 1.82) is 0 Å². The number of rotatable bonds is 3. The Labute approximate surface area is 117 Å². The van der Waals surface area contributed by atoms with E-state index < -0.39 is 35.9 Å². The minimum atomic E-state index is -4.84. The van der Waals surface area contributed by atoms with Crippen LogP contribution in [0.1, 0.15) is 48.7 Å². The van der Waals surface area contributed by atoms with Crippen molar-refractivity contribution in [3.05, 3.63) is 17.0 Å². The van der Waals surface area contributed by atoms with E-state index in [1.807, 2.05) is 0 Å². The van der Waals surface area contributed by atoms with Crippen molar-refractivity contribution < 1.29 is 27.1 Å². The van der Waals surface area contributed by atoms with Gasteiger partial charge in [-0.25, -0.2) is 8.78 Å². The predicted molar refractivity (Wildman–Crippen MR) is 62.8 cm³/mol. The highest BCUT2D eigenvalue weighted by Crippen LogP contribution is 2.46. The topological polar surface area (TPSA) is 38.1 Å². The number of aromatic nitrogens is 2. The average Bonchev–Trinajstić information content (AvgIpc) is 3.11. The summed E-state index contributed by atoms with van der Waals surface area (Å²) in [5.41, 5.74) is -2.02. The number of aliphatic hydroxyl groups is 1. The second kappa shape index (κ2) is 4.66. The highest BCUT2D eigenvalue weighted by molar-refractivity contribution is 5.35. The minimum absolute atomic E-state index is 0.0985. The minimum Gasteiger partial charge on any atom is -0.382 e. The van der Waals surface area contributed by atoms with E-state index in [2.05, 4.69) is 5.10 Å². The second-order valence-electron chi connectivity index (χ2n) is 5.83. The molecule has 1 aromatic heterocycles. The lowest BCUT2D eigenvalue weighted by Gasteiger charge is -2.28. The average molecular weight is 310 g/mol. The quantitative estimate of drug-likeness (QED) is 0.870. The molecule has 1 fully saturated rings. The predicted octanol–water partition coefficient (Wildman–Crippen LogP) is 3.32. The summed E-state index contributed by atoms with van der Waals surface area (Å²) in [5, 5.41) is 13.1. The molecular formula is C13H15F5N2O. The molecule has 1 saturated carbocycles. The van der Waals surface area contributed by atoms with Crippen LogP contribution in [-0.2, 0) is 19.1 Å². The molecular weight excluding hydrogens is 295 g/mol. The van der Waals surface area contributed by atoms with Crippen LogP contribution in [0.4, 0.5) is 22.0 Å². The highest BCUT2D eigenvalue weighted by atomic mass is 19.4. The molecule has 1 aromatic rings. The molecule has 1 N–H and O–H groups in total. The first-order valence-electron chi connectivity index (χ1n) is 6.93. The molecule has 118 valence electrons. The number of alkyl halides is 5. The molecule has 1 unspecified atom stereocenters. The Morgan fingerprint density at radius 3 is 2.52 bits per heavy atom. The van der Waals surface area contributed by atoms with Crippen LogP contribution in [0.15, 0.2) is 0 Å². The summed E-state index contributed by atoms with van der Waals surface area (Å²) in [6.45, 7) is 0.279. The normalized spacial score (nSPS) is 25.0. The van der Waals surface area contributed by atoms with E-state index in [1.54, 1.807) is 0 Å². The van der Waals surface area contributed by atoms with Crippen molar-refractivity contribution in [2.45, 2.75) is 56.9 Å². The molecule has 3 nitrogen and oxygen atoms in total. The van der Waals surface area contributed by atoms with Crippen LogP contribution in [0, 0.1) is 5.92 Å². The van der Waals surface area contributed by atoms with Gasteiger partial charge in [0.15, 0.2) is 5.69 Å². The molecule has 0 amide bonds. The summed E-state index contributed by atoms with van der Waals surface area (Å²) in [7, 11) is 0. The number of hydrogen-bond donors (Lipinski definition) is 1. The van der Waals surface area contributed by atoms with E-state index >= 15 is 0 Å². The maximum Gasteiger partial charge on any atom is 0.435 e. The Hall–Kier alpha value is -1.18. The lowest BCUT2D eigenvalue weighted by molar-refractivity contribution is -0.150. The third kappa shape index (κ3) is 2.65. The van der Waals surface area contributed by atoms with Gasteiger partial charge in [0.05, 0.1) is 0 Å². The summed E-state index contributed by atoms with van der Waals surface area (Å²) in [6, 6.07) is 0. The van der Waals surface area contributed by atoms with Crippen molar-refractivity contribution >= 4 is 0 Å². The summed E-state index contributed by atoms with van der Waals surface area (Å²) in [4.78, 5) is 0. The SMILES string of the molecule is OC1c2c(C(F)(F)F)nn(CCC3CC3)c2CCC1(F)F. The van der Waals surface area contributed by atoms with E-state index in [9.17, 15) is 27.1 Å². The van der Waals surface area contributed by atoms with Crippen LogP contribution >= 0.6 is 0 Å². The van der Waals surface area contributed by atoms with E-state index in [4.69, 9.17) is 0 Å². The van der Waals surface area contributed by atoms with Gasteiger partial charge < -0.3 is 5.11 Å². The molecule has 8 heteroatoms. The molecule has 0 aliphatic heterocycles. The number of hydrogen-bond acceptors (Lipinski definition) is 2. The molecule has 21 heavy (non-hydrogen) atoms. The van der Waals surface area contributed by atoms with Crippen LogP contribution in [0.2, 0.25) is 0 Å². The fraction of sp³-hybridized carbons (Fsp3) is 0.769. The molecule has 1 atom stereocenters. The van der Waals surface area contributed by atoms with E-state index in [0.717, 1.165) is 17.5 Å². The molecule has 0 aromatic carbocycles. The van der Waals surface area contributed by atoms with Gasteiger partial charge in [0.25, 0.3) is 5.92 Å². The molecule has 0 spiro atoms. The third-order valence-electron chi connectivity index (χ3n) is 4.18. The van der Waals surface area contributed by atoms with Crippen LogP contribution in [0.25, 0.3) is 0 Å². The van der Waals surface area contributed by atoms with Gasteiger partial charge in [0.2, 0.25) is 0 Å². The summed E-state index contributed by atoms with van der Waals surface area (Å²) in [6.07, 6.45) is -5.35. The number of halogens is 5. The Kier molecular flexibility index (Phi) is 3.27. The van der Waals surface area contributed by atoms with E-state index in [-0.39, 0.29) is 18.7 Å². The van der Waals surface area contributed by atoms with Gasteiger partial charge in [-0.3, -0.25) is 4.68 Å². The van der Waals surface area contributed by atoms with Crippen molar-refractivity contribution in [2.75, 3.05) is 0 Å². The van der Waals surface area contributed by atoms with Gasteiger partial charge in [-0.1, -0.05) is 12.8 Å². The van der Waals surface area contributed by atoms with Crippen molar-refractivity contribution in [1.82, 2.24) is 9.78 Å². The van der Waals surface area contributed by atoms with Crippen LogP contribution in [0.3, 0.4) is 0 Å². The fourth-order valence-corrected chi connectivity index (χ4v) is 2.80. The van der Waals surface area contributed by atoms with Crippen molar-refractivity contribution in [3.8, 4) is 0 Å². The van der Waals surface area contributed by atoms with Crippen molar-refractivity contribution in [3.63, 3.8) is 0 Å². The number of aliphatic hydroxyl groups excluding tert-OH is 1. The summed E-state index contributed by atoms with van der Waals surface area (Å²) in [5.74, 6) is -3.05. The largest absolute Gasteiger partial charge is 0.435 e. The third-order valence-corrected chi connectivity index (χ3v) is 4.18. The fourth-order valence-electron chi connectivity index (χ4n) is 2.80. The standard InChI is InChI=1S/C13H15F5N2O/c14-12(15)5-3-8-9(11(12)21)10(13(16,17)18)19-20(8)6-4-7-1-2-7/h7,11,21H,1-6H2. The van der Waals surface area contributed by atoms with Gasteiger partial charge in [-0.05, 0) is 18.8 Å². The summed E-state index contributed by atoms with van der Waals surface area (Å²) < 4.78 is 67.2. The van der Waals surface area contributed by atoms with Crippen LogP contribution < -0.4 is 0 Å².